The molecule has 2 aliphatic rings. The van der Waals surface area contributed by atoms with Crippen molar-refractivity contribution >= 4 is 15.7 Å². The highest BCUT2D eigenvalue weighted by molar-refractivity contribution is 7.92. The summed E-state index contributed by atoms with van der Waals surface area (Å²) < 4.78 is 38.9. The van der Waals surface area contributed by atoms with E-state index in [1.165, 1.54) is 4.31 Å². The molecule has 0 N–H and O–H groups in total. The van der Waals surface area contributed by atoms with Gasteiger partial charge in [0.1, 0.15) is 11.5 Å². The molecule has 3 atom stereocenters. The van der Waals surface area contributed by atoms with Crippen LogP contribution in [0.3, 0.4) is 0 Å². The van der Waals surface area contributed by atoms with Crippen LogP contribution in [0.15, 0.2) is 108 Å². The van der Waals surface area contributed by atoms with Crippen molar-refractivity contribution in [3.05, 3.63) is 137 Å². The zero-order valence-electron chi connectivity index (χ0n) is 24.8. The lowest BCUT2D eigenvalue weighted by atomic mass is 9.61. The average molecular weight is 601 g/mol. The molecule has 0 amide bonds. The molecule has 0 unspecified atom stereocenters. The van der Waals surface area contributed by atoms with Gasteiger partial charge in [-0.05, 0) is 67.3 Å². The van der Waals surface area contributed by atoms with Crippen molar-refractivity contribution in [3.8, 4) is 17.6 Å². The summed E-state index contributed by atoms with van der Waals surface area (Å²) in [5.74, 6) is 0.0732. The van der Waals surface area contributed by atoms with Crippen molar-refractivity contribution in [2.24, 2.45) is 5.41 Å². The minimum Gasteiger partial charge on any atom is -0.467 e. The average Bonchev–Trinajstić information content (AvgIpc) is 3.39. The van der Waals surface area contributed by atoms with Gasteiger partial charge in [-0.1, -0.05) is 85.3 Å². The number of aryl methyl sites for hydroxylation is 3. The van der Waals surface area contributed by atoms with Crippen LogP contribution in [-0.2, 0) is 16.4 Å². The lowest BCUT2D eigenvalue weighted by Crippen LogP contribution is -2.54. The van der Waals surface area contributed by atoms with Gasteiger partial charge < -0.3 is 4.74 Å². The Hall–Kier alpha value is -4.87. The van der Waals surface area contributed by atoms with Gasteiger partial charge in [-0.25, -0.2) is 13.1 Å². The minimum atomic E-state index is -4.03. The fourth-order valence-electron chi connectivity index (χ4n) is 6.73. The number of hydrogen-bond donors (Lipinski definition) is 0. The summed E-state index contributed by atoms with van der Waals surface area (Å²) in [5.41, 5.74) is 5.33. The van der Waals surface area contributed by atoms with E-state index < -0.39 is 27.5 Å². The molecule has 7 rings (SSSR count). The van der Waals surface area contributed by atoms with Crippen molar-refractivity contribution in [3.63, 3.8) is 0 Å². The van der Waals surface area contributed by atoms with E-state index in [1.807, 2.05) is 92.7 Å². The number of para-hydroxylation sites is 2. The van der Waals surface area contributed by atoms with Crippen LogP contribution in [0, 0.1) is 30.6 Å². The van der Waals surface area contributed by atoms with Crippen molar-refractivity contribution in [1.29, 1.82) is 5.26 Å². The topological polar surface area (TPSA) is 88.2 Å². The summed E-state index contributed by atoms with van der Waals surface area (Å²) in [6, 6.07) is 34.9. The first-order chi connectivity index (χ1) is 21.3. The van der Waals surface area contributed by atoms with Gasteiger partial charge in [-0.15, -0.1) is 0 Å². The number of nitriles is 1. The quantitative estimate of drug-likeness (QED) is 0.216. The maximum Gasteiger partial charge on any atom is 0.264 e. The predicted octanol–water partition coefficient (Wildman–Crippen LogP) is 7.04. The summed E-state index contributed by atoms with van der Waals surface area (Å²) in [7, 11) is -4.03. The first-order valence-corrected chi connectivity index (χ1v) is 16.2. The van der Waals surface area contributed by atoms with Crippen molar-refractivity contribution in [1.82, 2.24) is 9.78 Å². The second kappa shape index (κ2) is 10.4. The number of fused-ring (bicyclic) bond motifs is 5. The van der Waals surface area contributed by atoms with Crippen LogP contribution < -0.4 is 9.04 Å². The van der Waals surface area contributed by atoms with Crippen LogP contribution in [0.2, 0.25) is 0 Å². The highest BCUT2D eigenvalue weighted by atomic mass is 32.2. The molecule has 0 saturated carbocycles. The third-order valence-electron chi connectivity index (χ3n) is 8.99. The summed E-state index contributed by atoms with van der Waals surface area (Å²) >= 11 is 0. The smallest absolute Gasteiger partial charge is 0.264 e. The Morgan fingerprint density at radius 2 is 1.61 bits per heavy atom. The van der Waals surface area contributed by atoms with Gasteiger partial charge >= 0.3 is 0 Å². The normalized spacial score (nSPS) is 20.5. The second-order valence-electron chi connectivity index (χ2n) is 11.6. The van der Waals surface area contributed by atoms with E-state index in [1.54, 1.807) is 28.9 Å². The number of rotatable bonds is 5. The van der Waals surface area contributed by atoms with Gasteiger partial charge in [0, 0.05) is 11.5 Å². The molecule has 0 aliphatic carbocycles. The number of hydrogen-bond acceptors (Lipinski definition) is 5. The Morgan fingerprint density at radius 3 is 2.30 bits per heavy atom. The molecule has 220 valence electrons. The summed E-state index contributed by atoms with van der Waals surface area (Å²) in [5, 5.41) is 16.2. The van der Waals surface area contributed by atoms with E-state index in [4.69, 9.17) is 9.84 Å². The Balaban J connectivity index is 1.51. The molecular weight excluding hydrogens is 568 g/mol. The second-order valence-corrected chi connectivity index (χ2v) is 13.5. The fraction of sp³-hybridized carbons (Fsp3) is 0.222. The Labute approximate surface area is 258 Å². The third-order valence-corrected chi connectivity index (χ3v) is 10.8. The highest BCUT2D eigenvalue weighted by Crippen LogP contribution is 2.62. The van der Waals surface area contributed by atoms with E-state index in [0.29, 0.717) is 11.6 Å². The van der Waals surface area contributed by atoms with Crippen molar-refractivity contribution in [2.45, 2.75) is 44.1 Å². The summed E-state index contributed by atoms with van der Waals surface area (Å²) in [6.45, 7) is 5.86. The van der Waals surface area contributed by atoms with Crippen LogP contribution in [0.5, 0.6) is 5.88 Å². The van der Waals surface area contributed by atoms with Crippen LogP contribution >= 0.6 is 0 Å². The minimum absolute atomic E-state index is 0.0863. The van der Waals surface area contributed by atoms with Crippen LogP contribution in [-0.4, -0.2) is 24.7 Å². The standard InChI is InChI=1S/C36H32N4O3S/c1-4-26-16-18-27(19-17-26)34-36(22-37)23-39(44(41,42)29-20-14-24(2)15-21-29)31-13-9-8-12-30(31)33(36)32-25(3)38-40(35(32)43-34)28-10-6-5-7-11-28/h5-21,33-34H,4,23H2,1-3H3/t33-,34+,36-/m1/s1. The molecule has 44 heavy (non-hydrogen) atoms. The van der Waals surface area contributed by atoms with E-state index in [0.717, 1.165) is 45.6 Å². The van der Waals surface area contributed by atoms with Gasteiger partial charge in [0.05, 0.1) is 34.6 Å². The van der Waals surface area contributed by atoms with Crippen molar-refractivity contribution < 1.29 is 13.2 Å². The molecule has 0 radical (unpaired) electrons. The predicted molar refractivity (Wildman–Crippen MR) is 170 cm³/mol. The Bertz CT molecular complexity index is 2010. The third kappa shape index (κ3) is 4.15. The number of ether oxygens (including phenoxy) is 1. The lowest BCUT2D eigenvalue weighted by Gasteiger charge is -2.51. The Morgan fingerprint density at radius 1 is 0.932 bits per heavy atom. The SMILES string of the molecule is CCc1ccc([C@@H]2Oc3c(c(C)nn3-c3ccccc3)[C@H]3c4ccccc4N(S(=O)(=O)c4ccc(C)cc4)C[C@]32C#N)cc1. The zero-order chi connectivity index (χ0) is 30.6. The van der Waals surface area contributed by atoms with E-state index in [9.17, 15) is 13.7 Å². The molecule has 5 aromatic rings. The number of aromatic nitrogens is 2. The maximum absolute atomic E-state index is 14.4. The number of anilines is 1. The molecule has 4 aromatic carbocycles. The van der Waals surface area contributed by atoms with E-state index >= 15 is 0 Å². The molecule has 0 fully saturated rings. The van der Waals surface area contributed by atoms with Gasteiger partial charge in [0.15, 0.2) is 0 Å². The first kappa shape index (κ1) is 27.9. The molecule has 2 aliphatic heterocycles. The van der Waals surface area contributed by atoms with Gasteiger partial charge in [0.2, 0.25) is 5.88 Å². The number of sulfonamides is 1. The Kier molecular flexibility index (Phi) is 6.60. The van der Waals surface area contributed by atoms with Gasteiger partial charge in [-0.3, -0.25) is 4.31 Å². The van der Waals surface area contributed by atoms with Gasteiger partial charge in [-0.2, -0.15) is 10.4 Å². The molecule has 1 aromatic heterocycles. The van der Waals surface area contributed by atoms with Crippen molar-refractivity contribution in [2.75, 3.05) is 10.8 Å². The van der Waals surface area contributed by atoms with Crippen LogP contribution in [0.25, 0.3) is 5.69 Å². The maximum atomic E-state index is 14.4. The molecule has 8 heteroatoms. The number of nitrogens with zero attached hydrogens (tertiary/aromatic N) is 4. The largest absolute Gasteiger partial charge is 0.467 e. The first-order valence-electron chi connectivity index (χ1n) is 14.8. The van der Waals surface area contributed by atoms with E-state index in [2.05, 4.69) is 13.0 Å². The van der Waals surface area contributed by atoms with Gasteiger partial charge in [0.25, 0.3) is 10.0 Å². The van der Waals surface area contributed by atoms with E-state index in [-0.39, 0.29) is 11.4 Å². The fourth-order valence-corrected chi connectivity index (χ4v) is 8.27. The molecule has 0 saturated heterocycles. The zero-order valence-corrected chi connectivity index (χ0v) is 25.6. The van der Waals surface area contributed by atoms with Crippen LogP contribution in [0.1, 0.15) is 52.5 Å². The highest BCUT2D eigenvalue weighted by Gasteiger charge is 2.60. The molecule has 0 spiro atoms. The monoisotopic (exact) mass is 600 g/mol. The molecular formula is C36H32N4O3S. The summed E-state index contributed by atoms with van der Waals surface area (Å²) in [6.07, 6.45) is 0.0938. The van der Waals surface area contributed by atoms with Crippen LogP contribution in [0.4, 0.5) is 5.69 Å². The molecule has 7 nitrogen and oxygen atoms in total. The molecule has 0 bridgehead atoms. The lowest BCUT2D eigenvalue weighted by molar-refractivity contribution is 0.0485. The molecule has 3 heterocycles. The summed E-state index contributed by atoms with van der Waals surface area (Å²) in [4.78, 5) is 0.179. The number of benzene rings is 4.